The molecule has 106 valence electrons. The Kier molecular flexibility index (Phi) is 4.38. The van der Waals surface area contributed by atoms with E-state index in [4.69, 9.17) is 16.7 Å². The fourth-order valence-corrected chi connectivity index (χ4v) is 4.05. The third kappa shape index (κ3) is 3.32. The van der Waals surface area contributed by atoms with Crippen LogP contribution in [0, 0.1) is 0 Å². The van der Waals surface area contributed by atoms with Gasteiger partial charge < -0.3 is 5.11 Å². The highest BCUT2D eigenvalue weighted by Crippen LogP contribution is 2.28. The standard InChI is InChI=1S/C11H7BrClNO4S2/c12-7-5-6(1-2-8(7)13)20(17,18)14-10-4-3-9(19-10)11(15)16/h1-5,14H,(H,15,16). The van der Waals surface area contributed by atoms with Gasteiger partial charge in [0.2, 0.25) is 0 Å². The summed E-state index contributed by atoms with van der Waals surface area (Å²) >= 11 is 9.79. The van der Waals surface area contributed by atoms with Crippen LogP contribution in [0.5, 0.6) is 0 Å². The van der Waals surface area contributed by atoms with E-state index >= 15 is 0 Å². The molecule has 0 atom stereocenters. The Hall–Kier alpha value is -1.09. The van der Waals surface area contributed by atoms with Gasteiger partial charge in [-0.3, -0.25) is 4.72 Å². The number of carbonyl (C=O) groups is 1. The number of thiophene rings is 1. The molecule has 2 aromatic rings. The predicted octanol–water partition coefficient (Wildman–Crippen LogP) is 3.66. The molecule has 0 fully saturated rings. The lowest BCUT2D eigenvalue weighted by molar-refractivity contribution is 0.0702. The van der Waals surface area contributed by atoms with Crippen molar-refractivity contribution in [3.05, 3.63) is 44.7 Å². The SMILES string of the molecule is O=C(O)c1ccc(NS(=O)(=O)c2ccc(Cl)c(Br)c2)s1. The van der Waals surface area contributed by atoms with Gasteiger partial charge in [-0.25, -0.2) is 13.2 Å². The van der Waals surface area contributed by atoms with E-state index in [1.165, 1.54) is 30.3 Å². The van der Waals surface area contributed by atoms with Gasteiger partial charge in [0.05, 0.1) is 9.92 Å². The van der Waals surface area contributed by atoms with Crippen molar-refractivity contribution in [1.29, 1.82) is 0 Å². The molecule has 2 N–H and O–H groups in total. The maximum Gasteiger partial charge on any atom is 0.345 e. The van der Waals surface area contributed by atoms with Gasteiger partial charge in [-0.05, 0) is 46.3 Å². The Labute approximate surface area is 132 Å². The maximum absolute atomic E-state index is 12.1. The zero-order valence-corrected chi connectivity index (χ0v) is 13.6. The monoisotopic (exact) mass is 395 g/mol. The summed E-state index contributed by atoms with van der Waals surface area (Å²) in [6.45, 7) is 0. The Morgan fingerprint density at radius 1 is 1.30 bits per heavy atom. The van der Waals surface area contributed by atoms with Crippen molar-refractivity contribution in [1.82, 2.24) is 0 Å². The highest BCUT2D eigenvalue weighted by Gasteiger charge is 2.17. The van der Waals surface area contributed by atoms with Crippen LogP contribution in [0.15, 0.2) is 39.7 Å². The second-order valence-corrected chi connectivity index (χ2v) is 7.68. The summed E-state index contributed by atoms with van der Waals surface area (Å²) in [4.78, 5) is 10.8. The summed E-state index contributed by atoms with van der Waals surface area (Å²) in [5.41, 5.74) is 0. The molecule has 1 heterocycles. The van der Waals surface area contributed by atoms with Gasteiger partial charge in [0.1, 0.15) is 9.88 Å². The van der Waals surface area contributed by atoms with E-state index in [1.807, 2.05) is 0 Å². The molecule has 1 aromatic heterocycles. The maximum atomic E-state index is 12.1. The first-order valence-corrected chi connectivity index (χ1v) is 8.57. The van der Waals surface area contributed by atoms with E-state index in [2.05, 4.69) is 20.7 Å². The third-order valence-corrected chi connectivity index (χ3v) is 5.95. The molecule has 1 aromatic carbocycles. The van der Waals surface area contributed by atoms with E-state index in [0.717, 1.165) is 11.3 Å². The number of carboxylic acid groups (broad SMARTS) is 1. The lowest BCUT2D eigenvalue weighted by Gasteiger charge is -2.06. The van der Waals surface area contributed by atoms with Crippen molar-refractivity contribution in [3.8, 4) is 0 Å². The molecule has 0 unspecified atom stereocenters. The molecular formula is C11H7BrClNO4S2. The second-order valence-electron chi connectivity index (χ2n) is 3.65. The highest BCUT2D eigenvalue weighted by molar-refractivity contribution is 9.10. The lowest BCUT2D eigenvalue weighted by Crippen LogP contribution is -2.11. The Bertz CT molecular complexity index is 772. The minimum atomic E-state index is -3.79. The van der Waals surface area contributed by atoms with Crippen LogP contribution in [0.3, 0.4) is 0 Å². The fourth-order valence-electron chi connectivity index (χ4n) is 1.34. The van der Waals surface area contributed by atoms with Crippen LogP contribution in [-0.4, -0.2) is 19.5 Å². The first-order chi connectivity index (χ1) is 9.29. The average molecular weight is 397 g/mol. The highest BCUT2D eigenvalue weighted by atomic mass is 79.9. The summed E-state index contributed by atoms with van der Waals surface area (Å²) in [6, 6.07) is 6.92. The van der Waals surface area contributed by atoms with E-state index in [0.29, 0.717) is 9.50 Å². The number of sulfonamides is 1. The molecule has 0 spiro atoms. The molecule has 0 saturated heterocycles. The molecule has 0 radical (unpaired) electrons. The minimum Gasteiger partial charge on any atom is -0.477 e. The molecule has 0 bridgehead atoms. The Morgan fingerprint density at radius 2 is 2.00 bits per heavy atom. The number of halogens is 2. The van der Waals surface area contributed by atoms with Crippen LogP contribution < -0.4 is 4.72 Å². The number of anilines is 1. The van der Waals surface area contributed by atoms with Crippen molar-refractivity contribution in [2.75, 3.05) is 4.72 Å². The zero-order valence-electron chi connectivity index (χ0n) is 9.63. The van der Waals surface area contributed by atoms with Gasteiger partial charge in [-0.1, -0.05) is 11.6 Å². The van der Waals surface area contributed by atoms with E-state index < -0.39 is 16.0 Å². The molecule has 20 heavy (non-hydrogen) atoms. The van der Waals surface area contributed by atoms with Crippen molar-refractivity contribution < 1.29 is 18.3 Å². The lowest BCUT2D eigenvalue weighted by atomic mass is 10.4. The smallest absolute Gasteiger partial charge is 0.345 e. The number of nitrogens with one attached hydrogen (secondary N) is 1. The number of benzene rings is 1. The van der Waals surface area contributed by atoms with Gasteiger partial charge in [0.25, 0.3) is 10.0 Å². The van der Waals surface area contributed by atoms with E-state index in [9.17, 15) is 13.2 Å². The van der Waals surface area contributed by atoms with Gasteiger partial charge >= 0.3 is 5.97 Å². The molecular weight excluding hydrogens is 390 g/mol. The first kappa shape index (κ1) is 15.3. The van der Waals surface area contributed by atoms with Gasteiger partial charge in [-0.2, -0.15) is 0 Å². The van der Waals surface area contributed by atoms with E-state index in [1.54, 1.807) is 0 Å². The molecule has 0 aliphatic carbocycles. The van der Waals surface area contributed by atoms with Crippen molar-refractivity contribution in [3.63, 3.8) is 0 Å². The molecule has 0 saturated carbocycles. The van der Waals surface area contributed by atoms with Crippen LogP contribution >= 0.6 is 38.9 Å². The number of aromatic carboxylic acids is 1. The molecule has 0 aliphatic rings. The van der Waals surface area contributed by atoms with Crippen molar-refractivity contribution >= 4 is 59.9 Å². The van der Waals surface area contributed by atoms with Gasteiger partial charge in [0, 0.05) is 4.47 Å². The van der Waals surface area contributed by atoms with Crippen LogP contribution in [-0.2, 0) is 10.0 Å². The number of carboxylic acids is 1. The average Bonchev–Trinajstić information content (AvgIpc) is 2.80. The summed E-state index contributed by atoms with van der Waals surface area (Å²) < 4.78 is 27.0. The summed E-state index contributed by atoms with van der Waals surface area (Å²) in [5.74, 6) is -1.10. The largest absolute Gasteiger partial charge is 0.477 e. The minimum absolute atomic E-state index is 0.0269. The molecule has 5 nitrogen and oxygen atoms in total. The van der Waals surface area contributed by atoms with Crippen LogP contribution in [0.1, 0.15) is 9.67 Å². The molecule has 9 heteroatoms. The second kappa shape index (κ2) is 5.72. The summed E-state index contributed by atoms with van der Waals surface area (Å²) in [7, 11) is -3.79. The Morgan fingerprint density at radius 3 is 2.55 bits per heavy atom. The normalized spacial score (nSPS) is 11.3. The van der Waals surface area contributed by atoms with Crippen molar-refractivity contribution in [2.24, 2.45) is 0 Å². The molecule has 0 aliphatic heterocycles. The predicted molar refractivity (Wildman–Crippen MR) is 81.2 cm³/mol. The number of rotatable bonds is 4. The van der Waals surface area contributed by atoms with Crippen LogP contribution in [0.25, 0.3) is 0 Å². The topological polar surface area (TPSA) is 83.5 Å². The van der Waals surface area contributed by atoms with Crippen LogP contribution in [0.4, 0.5) is 5.00 Å². The van der Waals surface area contributed by atoms with Gasteiger partial charge in [-0.15, -0.1) is 11.3 Å². The number of hydrogen-bond donors (Lipinski definition) is 2. The fraction of sp³-hybridized carbons (Fsp3) is 0. The quantitative estimate of drug-likeness (QED) is 0.826. The molecule has 2 rings (SSSR count). The van der Waals surface area contributed by atoms with Gasteiger partial charge in [0.15, 0.2) is 0 Å². The Balaban J connectivity index is 2.30. The third-order valence-electron chi connectivity index (χ3n) is 2.25. The summed E-state index contributed by atoms with van der Waals surface area (Å²) in [6.07, 6.45) is 0. The molecule has 0 amide bonds. The van der Waals surface area contributed by atoms with E-state index in [-0.39, 0.29) is 14.8 Å². The first-order valence-electron chi connectivity index (χ1n) is 5.10. The van der Waals surface area contributed by atoms with Crippen LogP contribution in [0.2, 0.25) is 5.02 Å². The zero-order chi connectivity index (χ0) is 14.9. The summed E-state index contributed by atoms with van der Waals surface area (Å²) in [5, 5.41) is 9.42. The van der Waals surface area contributed by atoms with Crippen molar-refractivity contribution in [2.45, 2.75) is 4.90 Å². The number of hydrogen-bond acceptors (Lipinski definition) is 4.